The lowest BCUT2D eigenvalue weighted by Gasteiger charge is -2.32. The lowest BCUT2D eigenvalue weighted by Crippen LogP contribution is -2.32. The molecule has 0 spiro atoms. The van der Waals surface area contributed by atoms with Gasteiger partial charge in [0.15, 0.2) is 11.6 Å². The Bertz CT molecular complexity index is 1340. The van der Waals surface area contributed by atoms with Crippen LogP contribution in [0.25, 0.3) is 22.2 Å². The van der Waals surface area contributed by atoms with Gasteiger partial charge in [0, 0.05) is 49.3 Å². The number of hydrogen-bond acceptors (Lipinski definition) is 5. The average molecular weight is 488 g/mol. The second-order valence-electron chi connectivity index (χ2n) is 9.36. The average Bonchev–Trinajstić information content (AvgIpc) is 3.55. The quantitative estimate of drug-likeness (QED) is 0.504. The first-order chi connectivity index (χ1) is 16.5. The molecule has 2 saturated heterocycles. The van der Waals surface area contributed by atoms with Crippen molar-refractivity contribution in [3.63, 3.8) is 0 Å². The maximum atomic E-state index is 15.0. The fourth-order valence-electron chi connectivity index (χ4n) is 5.48. The van der Waals surface area contributed by atoms with Crippen LogP contribution in [0.15, 0.2) is 23.0 Å². The minimum absolute atomic E-state index is 0.0281. The van der Waals surface area contributed by atoms with Gasteiger partial charge in [-0.1, -0.05) is 11.6 Å². The van der Waals surface area contributed by atoms with E-state index in [0.717, 1.165) is 32.3 Å². The van der Waals surface area contributed by atoms with E-state index < -0.39 is 11.6 Å². The van der Waals surface area contributed by atoms with Gasteiger partial charge in [0.05, 0.1) is 23.1 Å². The highest BCUT2D eigenvalue weighted by atomic mass is 35.5. The number of nitrogens with zero attached hydrogens (tertiary/aromatic N) is 3. The van der Waals surface area contributed by atoms with Crippen LogP contribution < -0.4 is 5.56 Å². The summed E-state index contributed by atoms with van der Waals surface area (Å²) in [4.78, 5) is 22.9. The summed E-state index contributed by atoms with van der Waals surface area (Å²) in [6.45, 7) is 2.60. The van der Waals surface area contributed by atoms with Gasteiger partial charge in [-0.05, 0) is 43.9 Å². The van der Waals surface area contributed by atoms with Crippen molar-refractivity contribution < 1.29 is 18.3 Å². The van der Waals surface area contributed by atoms with Crippen molar-refractivity contribution in [2.75, 3.05) is 19.8 Å². The number of pyridine rings is 1. The van der Waals surface area contributed by atoms with Gasteiger partial charge in [0.1, 0.15) is 17.0 Å². The summed E-state index contributed by atoms with van der Waals surface area (Å²) in [5.74, 6) is -1.21. The van der Waals surface area contributed by atoms with E-state index in [1.807, 2.05) is 0 Å². The molecule has 3 aliphatic heterocycles. The van der Waals surface area contributed by atoms with Crippen molar-refractivity contribution in [2.45, 2.75) is 50.7 Å². The van der Waals surface area contributed by atoms with Gasteiger partial charge in [-0.15, -0.1) is 0 Å². The van der Waals surface area contributed by atoms with Crippen LogP contribution in [0, 0.1) is 17.6 Å². The van der Waals surface area contributed by atoms with Crippen LogP contribution in [0.1, 0.15) is 43.1 Å². The van der Waals surface area contributed by atoms with Crippen molar-refractivity contribution in [1.82, 2.24) is 14.5 Å². The van der Waals surface area contributed by atoms with Gasteiger partial charge in [-0.2, -0.15) is 0 Å². The van der Waals surface area contributed by atoms with Crippen molar-refractivity contribution in [2.24, 2.45) is 5.92 Å². The van der Waals surface area contributed by atoms with Gasteiger partial charge in [-0.3, -0.25) is 14.3 Å². The van der Waals surface area contributed by atoms with E-state index in [2.05, 4.69) is 4.98 Å². The third kappa shape index (κ3) is 3.63. The molecule has 2 fully saturated rings. The topological polar surface area (TPSA) is 66.2 Å². The van der Waals surface area contributed by atoms with Crippen LogP contribution >= 0.6 is 11.6 Å². The smallest absolute Gasteiger partial charge is 0.261 e. The van der Waals surface area contributed by atoms with Crippen LogP contribution in [0.3, 0.4) is 0 Å². The fourth-order valence-corrected chi connectivity index (χ4v) is 5.63. The molecular weight excluding hydrogens is 464 g/mol. The molecule has 3 aromatic rings. The minimum atomic E-state index is -1.13. The van der Waals surface area contributed by atoms with Gasteiger partial charge in [0.2, 0.25) is 0 Å². The number of halogens is 3. The van der Waals surface area contributed by atoms with Crippen molar-refractivity contribution in [3.8, 4) is 11.3 Å². The van der Waals surface area contributed by atoms with E-state index in [-0.39, 0.29) is 33.9 Å². The van der Waals surface area contributed by atoms with Crippen LogP contribution in [0.5, 0.6) is 0 Å². The summed E-state index contributed by atoms with van der Waals surface area (Å²) < 4.78 is 42.7. The first kappa shape index (κ1) is 22.1. The number of aryl methyl sites for hydroxylation is 1. The Morgan fingerprint density at radius 2 is 2.00 bits per heavy atom. The molecule has 9 heteroatoms. The summed E-state index contributed by atoms with van der Waals surface area (Å²) in [5.41, 5.74) is 0.957. The van der Waals surface area contributed by atoms with Crippen molar-refractivity contribution in [3.05, 3.63) is 56.7 Å². The molecule has 0 saturated carbocycles. The zero-order valence-corrected chi connectivity index (χ0v) is 19.3. The molecule has 34 heavy (non-hydrogen) atoms. The normalized spacial score (nSPS) is 24.6. The lowest BCUT2D eigenvalue weighted by atomic mass is 9.85. The molecule has 0 amide bonds. The van der Waals surface area contributed by atoms with Crippen LogP contribution in [0.4, 0.5) is 8.78 Å². The monoisotopic (exact) mass is 487 g/mol. The number of benzene rings is 1. The first-order valence-corrected chi connectivity index (χ1v) is 12.2. The van der Waals surface area contributed by atoms with Gasteiger partial charge < -0.3 is 9.47 Å². The van der Waals surface area contributed by atoms with Gasteiger partial charge in [-0.25, -0.2) is 13.8 Å². The van der Waals surface area contributed by atoms with Gasteiger partial charge >= 0.3 is 0 Å². The molecular formula is C25H24ClF2N3O3. The Morgan fingerprint density at radius 1 is 1.12 bits per heavy atom. The number of rotatable bonds is 3. The summed E-state index contributed by atoms with van der Waals surface area (Å²) >= 11 is 5.80. The molecule has 1 unspecified atom stereocenters. The second kappa shape index (κ2) is 8.66. The number of hydrogen-bond donors (Lipinski definition) is 0. The third-order valence-electron chi connectivity index (χ3n) is 7.34. The summed E-state index contributed by atoms with van der Waals surface area (Å²) in [5, 5.41) is 0.0781. The molecule has 6 nitrogen and oxygen atoms in total. The van der Waals surface area contributed by atoms with Crippen LogP contribution in [-0.2, 0) is 22.4 Å². The molecule has 5 heterocycles. The summed E-state index contributed by atoms with van der Waals surface area (Å²) in [6.07, 6.45) is 3.96. The zero-order chi connectivity index (χ0) is 23.4. The van der Waals surface area contributed by atoms with Gasteiger partial charge in [0.25, 0.3) is 5.56 Å². The zero-order valence-electron chi connectivity index (χ0n) is 18.5. The second-order valence-corrected chi connectivity index (χ2v) is 9.76. The largest absolute Gasteiger partial charge is 0.381 e. The summed E-state index contributed by atoms with van der Waals surface area (Å²) in [6, 6.07) is 4.50. The highest BCUT2D eigenvalue weighted by Crippen LogP contribution is 2.38. The van der Waals surface area contributed by atoms with E-state index in [1.165, 1.54) is 12.1 Å². The molecule has 0 bridgehead atoms. The number of aromatic nitrogens is 3. The SMILES string of the molecule is O=c1c2cc([C@@H]3CCO[C@H](C4CCOC4)C3)nc(-c3ccc(Cl)c(F)c3F)c2nc2n1CCC2. The Kier molecular flexibility index (Phi) is 5.62. The Morgan fingerprint density at radius 3 is 2.82 bits per heavy atom. The van der Waals surface area contributed by atoms with E-state index in [1.54, 1.807) is 10.6 Å². The molecule has 0 N–H and O–H groups in total. The standard InChI is InChI=1S/C25H24ClF2N3O3/c26-17-4-3-15(21(27)22(17)28)23-24-16(25(32)31-7-1-2-20(31)30-24)11-18(29-23)13-6-9-34-19(10-13)14-5-8-33-12-14/h3-4,11,13-14,19H,1-2,5-10,12H2/t13-,14?,19+/m1/s1. The molecule has 6 rings (SSSR count). The van der Waals surface area contributed by atoms with Crippen molar-refractivity contribution >= 4 is 22.5 Å². The Hall–Kier alpha value is -2.42. The van der Waals surface area contributed by atoms with Crippen LogP contribution in [0.2, 0.25) is 5.02 Å². The lowest BCUT2D eigenvalue weighted by molar-refractivity contribution is -0.0310. The molecule has 178 valence electrons. The molecule has 0 aliphatic carbocycles. The fraction of sp³-hybridized carbons (Fsp3) is 0.480. The van der Waals surface area contributed by atoms with Crippen molar-refractivity contribution in [1.29, 1.82) is 0 Å². The van der Waals surface area contributed by atoms with E-state index in [4.69, 9.17) is 26.1 Å². The molecule has 1 aromatic carbocycles. The molecule has 2 aromatic heterocycles. The Balaban J connectivity index is 1.52. The highest BCUT2D eigenvalue weighted by molar-refractivity contribution is 6.30. The van der Waals surface area contributed by atoms with E-state index in [9.17, 15) is 9.18 Å². The maximum Gasteiger partial charge on any atom is 0.261 e. The van der Waals surface area contributed by atoms with Crippen LogP contribution in [-0.4, -0.2) is 40.5 Å². The predicted molar refractivity (Wildman–Crippen MR) is 123 cm³/mol. The van der Waals surface area contributed by atoms with E-state index in [0.29, 0.717) is 54.5 Å². The molecule has 3 aliphatic rings. The molecule has 0 radical (unpaired) electrons. The Labute approximate surface area is 199 Å². The first-order valence-electron chi connectivity index (χ1n) is 11.8. The third-order valence-corrected chi connectivity index (χ3v) is 7.63. The maximum absolute atomic E-state index is 15.0. The minimum Gasteiger partial charge on any atom is -0.381 e. The number of fused-ring (bicyclic) bond motifs is 2. The predicted octanol–water partition coefficient (Wildman–Crippen LogP) is 4.64. The number of ether oxygens (including phenoxy) is 2. The highest BCUT2D eigenvalue weighted by Gasteiger charge is 2.34. The van der Waals surface area contributed by atoms with E-state index >= 15 is 4.39 Å². The summed E-state index contributed by atoms with van der Waals surface area (Å²) in [7, 11) is 0. The molecule has 3 atom stereocenters.